The van der Waals surface area contributed by atoms with Crippen molar-refractivity contribution < 1.29 is 14.0 Å². The molecule has 1 aromatic carbocycles. The van der Waals surface area contributed by atoms with Gasteiger partial charge in [0.1, 0.15) is 5.82 Å². The normalized spacial score (nSPS) is 13.8. The van der Waals surface area contributed by atoms with Crippen molar-refractivity contribution in [2.75, 3.05) is 0 Å². The molecule has 7 heteroatoms. The minimum atomic E-state index is -0.542. The number of nitrogens with two attached hydrogens (primary N) is 1. The fourth-order valence-corrected chi connectivity index (χ4v) is 2.86. The average Bonchev–Trinajstić information content (AvgIpc) is 3.51. The summed E-state index contributed by atoms with van der Waals surface area (Å²) in [7, 11) is 0. The molecule has 1 fully saturated rings. The molecule has 2 aromatic rings. The average molecular weight is 398 g/mol. The van der Waals surface area contributed by atoms with E-state index in [9.17, 15) is 14.0 Å². The summed E-state index contributed by atoms with van der Waals surface area (Å²) in [6, 6.07) is 6.26. The lowest BCUT2D eigenvalue weighted by Crippen LogP contribution is -2.42. The molecule has 0 spiro atoms. The predicted molar refractivity (Wildman–Crippen MR) is 110 cm³/mol. The van der Waals surface area contributed by atoms with Gasteiger partial charge in [0.05, 0.1) is 11.3 Å². The van der Waals surface area contributed by atoms with Gasteiger partial charge in [-0.15, -0.1) is 0 Å². The highest BCUT2D eigenvalue weighted by Gasteiger charge is 2.25. The first kappa shape index (κ1) is 20.9. The molecule has 6 nitrogen and oxygen atoms in total. The Labute approximate surface area is 170 Å². The van der Waals surface area contributed by atoms with Gasteiger partial charge in [-0.05, 0) is 57.4 Å². The summed E-state index contributed by atoms with van der Waals surface area (Å²) in [6.45, 7) is 5.86. The van der Waals surface area contributed by atoms with Crippen molar-refractivity contribution in [3.63, 3.8) is 0 Å². The van der Waals surface area contributed by atoms with E-state index >= 15 is 0 Å². The number of benzene rings is 1. The van der Waals surface area contributed by atoms with Gasteiger partial charge in [0, 0.05) is 41.0 Å². The zero-order valence-corrected chi connectivity index (χ0v) is 17.0. The Balaban J connectivity index is 1.89. The third-order valence-electron chi connectivity index (χ3n) is 5.21. The van der Waals surface area contributed by atoms with Crippen LogP contribution in [0.5, 0.6) is 0 Å². The van der Waals surface area contributed by atoms with Gasteiger partial charge in [0.2, 0.25) is 0 Å². The Hall–Kier alpha value is -2.80. The topological polar surface area (TPSA) is 97.1 Å². The quantitative estimate of drug-likeness (QED) is 0.667. The summed E-state index contributed by atoms with van der Waals surface area (Å²) in [5, 5.41) is 5.80. The molecule has 4 N–H and O–H groups in total. The standard InChI is InChI=1S/C22H27FN4O2/c1-4-22(2,3)27-21(29)13-5-8-19(25-12-13)16-9-14(10-18(23)17(16)11-24)20(28)26-15-6-7-15/h5,8-10,12,15H,4,6-7,11,24H2,1-3H3,(H,26,28)(H,27,29). The molecule has 1 heterocycles. The highest BCUT2D eigenvalue weighted by atomic mass is 19.1. The monoisotopic (exact) mass is 398 g/mol. The van der Waals surface area contributed by atoms with Crippen molar-refractivity contribution in [1.29, 1.82) is 0 Å². The number of pyridine rings is 1. The number of aromatic nitrogens is 1. The molecule has 0 aliphatic heterocycles. The van der Waals surface area contributed by atoms with Gasteiger partial charge in [-0.25, -0.2) is 4.39 Å². The molecule has 0 saturated heterocycles. The van der Waals surface area contributed by atoms with Gasteiger partial charge >= 0.3 is 0 Å². The van der Waals surface area contributed by atoms with Crippen molar-refractivity contribution in [2.24, 2.45) is 5.73 Å². The maximum atomic E-state index is 14.6. The predicted octanol–water partition coefficient (Wildman–Crippen LogP) is 3.16. The second-order valence-electron chi connectivity index (χ2n) is 8.06. The van der Waals surface area contributed by atoms with Gasteiger partial charge in [-0.3, -0.25) is 14.6 Å². The Morgan fingerprint density at radius 3 is 2.48 bits per heavy atom. The fourth-order valence-electron chi connectivity index (χ4n) is 2.86. The van der Waals surface area contributed by atoms with Crippen molar-refractivity contribution >= 4 is 11.8 Å². The number of amides is 2. The zero-order chi connectivity index (χ0) is 21.2. The first-order valence-electron chi connectivity index (χ1n) is 9.86. The lowest BCUT2D eigenvalue weighted by Gasteiger charge is -2.24. The van der Waals surface area contributed by atoms with Crippen LogP contribution in [0.25, 0.3) is 11.3 Å². The largest absolute Gasteiger partial charge is 0.349 e. The van der Waals surface area contributed by atoms with E-state index in [1.807, 2.05) is 20.8 Å². The van der Waals surface area contributed by atoms with Crippen LogP contribution >= 0.6 is 0 Å². The number of nitrogens with one attached hydrogen (secondary N) is 2. The number of carbonyl (C=O) groups is 2. The van der Waals surface area contributed by atoms with E-state index in [1.54, 1.807) is 18.2 Å². The summed E-state index contributed by atoms with van der Waals surface area (Å²) < 4.78 is 14.6. The second kappa shape index (κ2) is 8.29. The Morgan fingerprint density at radius 1 is 1.21 bits per heavy atom. The van der Waals surface area contributed by atoms with E-state index in [4.69, 9.17) is 5.73 Å². The third kappa shape index (κ3) is 4.98. The lowest BCUT2D eigenvalue weighted by molar-refractivity contribution is 0.0909. The summed E-state index contributed by atoms with van der Waals surface area (Å²) in [4.78, 5) is 29.1. The van der Waals surface area contributed by atoms with Gasteiger partial charge in [0.25, 0.3) is 11.8 Å². The number of hydrogen-bond donors (Lipinski definition) is 3. The number of halogens is 1. The van der Waals surface area contributed by atoms with Gasteiger partial charge in [-0.1, -0.05) is 6.92 Å². The second-order valence-corrected chi connectivity index (χ2v) is 8.06. The van der Waals surface area contributed by atoms with Crippen LogP contribution in [0.4, 0.5) is 4.39 Å². The molecule has 1 aromatic heterocycles. The summed E-state index contributed by atoms with van der Waals surface area (Å²) >= 11 is 0. The molecule has 0 bridgehead atoms. The minimum Gasteiger partial charge on any atom is -0.349 e. The molecular formula is C22H27FN4O2. The van der Waals surface area contributed by atoms with Crippen LogP contribution in [-0.4, -0.2) is 28.4 Å². The Morgan fingerprint density at radius 2 is 1.93 bits per heavy atom. The highest BCUT2D eigenvalue weighted by Crippen LogP contribution is 2.27. The zero-order valence-electron chi connectivity index (χ0n) is 17.0. The molecule has 1 aliphatic carbocycles. The van der Waals surface area contributed by atoms with Gasteiger partial charge in [0.15, 0.2) is 0 Å². The van der Waals surface area contributed by atoms with E-state index in [0.717, 1.165) is 19.3 Å². The molecule has 3 rings (SSSR count). The van der Waals surface area contributed by atoms with Crippen LogP contribution < -0.4 is 16.4 Å². The minimum absolute atomic E-state index is 0.0275. The molecular weight excluding hydrogens is 371 g/mol. The van der Waals surface area contributed by atoms with E-state index in [2.05, 4.69) is 15.6 Å². The van der Waals surface area contributed by atoms with Crippen molar-refractivity contribution in [3.8, 4) is 11.3 Å². The highest BCUT2D eigenvalue weighted by molar-refractivity contribution is 5.96. The van der Waals surface area contributed by atoms with Crippen LogP contribution in [-0.2, 0) is 6.54 Å². The molecule has 29 heavy (non-hydrogen) atoms. The molecule has 0 unspecified atom stereocenters. The van der Waals surface area contributed by atoms with Crippen molar-refractivity contribution in [1.82, 2.24) is 15.6 Å². The number of hydrogen-bond acceptors (Lipinski definition) is 4. The van der Waals surface area contributed by atoms with E-state index in [1.165, 1.54) is 12.3 Å². The fraction of sp³-hybridized carbons (Fsp3) is 0.409. The number of rotatable bonds is 7. The first-order valence-corrected chi connectivity index (χ1v) is 9.86. The van der Waals surface area contributed by atoms with Crippen LogP contribution in [0, 0.1) is 5.82 Å². The SMILES string of the molecule is CCC(C)(C)NC(=O)c1ccc(-c2cc(C(=O)NC3CC3)cc(F)c2CN)nc1. The third-order valence-corrected chi connectivity index (χ3v) is 5.21. The first-order chi connectivity index (χ1) is 13.7. The smallest absolute Gasteiger partial charge is 0.253 e. The molecule has 2 amide bonds. The maximum Gasteiger partial charge on any atom is 0.253 e. The Kier molecular flexibility index (Phi) is 5.98. The number of carbonyl (C=O) groups excluding carboxylic acids is 2. The van der Waals surface area contributed by atoms with Crippen LogP contribution in [0.1, 0.15) is 66.3 Å². The Bertz CT molecular complexity index is 921. The molecule has 1 aliphatic rings. The summed E-state index contributed by atoms with van der Waals surface area (Å²) in [5.74, 6) is -1.08. The van der Waals surface area contributed by atoms with E-state index < -0.39 is 5.82 Å². The van der Waals surface area contributed by atoms with Crippen LogP contribution in [0.3, 0.4) is 0 Å². The molecule has 0 atom stereocenters. The van der Waals surface area contributed by atoms with Crippen LogP contribution in [0.15, 0.2) is 30.5 Å². The maximum absolute atomic E-state index is 14.6. The van der Waals surface area contributed by atoms with Crippen molar-refractivity contribution in [3.05, 3.63) is 53.0 Å². The summed E-state index contributed by atoms with van der Waals surface area (Å²) in [5.41, 5.74) is 7.24. The summed E-state index contributed by atoms with van der Waals surface area (Å²) in [6.07, 6.45) is 4.13. The van der Waals surface area contributed by atoms with E-state index in [0.29, 0.717) is 16.8 Å². The number of nitrogens with zero attached hydrogens (tertiary/aromatic N) is 1. The van der Waals surface area contributed by atoms with Gasteiger partial charge in [-0.2, -0.15) is 0 Å². The van der Waals surface area contributed by atoms with Gasteiger partial charge < -0.3 is 16.4 Å². The molecule has 154 valence electrons. The van der Waals surface area contributed by atoms with Crippen molar-refractivity contribution in [2.45, 2.75) is 58.2 Å². The molecule has 0 radical (unpaired) electrons. The van der Waals surface area contributed by atoms with Crippen LogP contribution in [0.2, 0.25) is 0 Å². The molecule has 1 saturated carbocycles. The van der Waals surface area contributed by atoms with E-state index in [-0.39, 0.29) is 41.1 Å². The lowest BCUT2D eigenvalue weighted by atomic mass is 9.98.